The Balaban J connectivity index is 1.77. The van der Waals surface area contributed by atoms with Crippen LogP contribution in [0.1, 0.15) is 32.6 Å². The number of amides is 1. The number of nitrogens with one attached hydrogen (secondary N) is 2. The Morgan fingerprint density at radius 3 is 2.86 bits per heavy atom. The van der Waals surface area contributed by atoms with Crippen molar-refractivity contribution in [1.29, 1.82) is 0 Å². The summed E-state index contributed by atoms with van der Waals surface area (Å²) in [5.74, 6) is 0.146. The summed E-state index contributed by atoms with van der Waals surface area (Å²) in [7, 11) is 0. The van der Waals surface area contributed by atoms with Crippen LogP contribution in [0.5, 0.6) is 0 Å². The maximum absolute atomic E-state index is 11.3. The van der Waals surface area contributed by atoms with Crippen LogP contribution in [-0.2, 0) is 4.79 Å². The summed E-state index contributed by atoms with van der Waals surface area (Å²) in [4.78, 5) is 15.7. The van der Waals surface area contributed by atoms with E-state index < -0.39 is 0 Å². The third kappa shape index (κ3) is 4.88. The second kappa shape index (κ2) is 8.59. The number of carbonyl (C=O) groups is 1. The van der Waals surface area contributed by atoms with Gasteiger partial charge in [0.15, 0.2) is 0 Å². The van der Waals surface area contributed by atoms with Crippen molar-refractivity contribution in [3.8, 4) is 0 Å². The number of hydrogen-bond donors (Lipinski definition) is 2. The molecule has 1 amide bonds. The van der Waals surface area contributed by atoms with Crippen molar-refractivity contribution in [1.82, 2.24) is 10.3 Å². The average Bonchev–Trinajstić information content (AvgIpc) is 2.50. The lowest BCUT2D eigenvalue weighted by atomic mass is 10.2. The number of hydrogen-bond acceptors (Lipinski definition) is 3. The number of pyridine rings is 1. The van der Waals surface area contributed by atoms with Crippen LogP contribution in [0.15, 0.2) is 30.5 Å². The fraction of sp³-hybridized carbons (Fsp3) is 0.412. The minimum absolute atomic E-state index is 0.146. The topological polar surface area (TPSA) is 54.0 Å². The highest BCUT2D eigenvalue weighted by molar-refractivity contribution is 6.31. The summed E-state index contributed by atoms with van der Waals surface area (Å²) < 4.78 is 0. The molecule has 0 bridgehead atoms. The molecule has 4 nitrogen and oxygen atoms in total. The SMILES string of the molecule is CCCC(=O)NCCCCNc1ccnc2cc(Cl)ccc12. The van der Waals surface area contributed by atoms with Crippen LogP contribution in [-0.4, -0.2) is 24.0 Å². The van der Waals surface area contributed by atoms with Crippen LogP contribution < -0.4 is 10.6 Å². The minimum atomic E-state index is 0.146. The van der Waals surface area contributed by atoms with Crippen LogP contribution >= 0.6 is 11.6 Å². The lowest BCUT2D eigenvalue weighted by molar-refractivity contribution is -0.121. The molecule has 0 atom stereocenters. The molecule has 1 aromatic heterocycles. The van der Waals surface area contributed by atoms with Crippen molar-refractivity contribution in [2.45, 2.75) is 32.6 Å². The minimum Gasteiger partial charge on any atom is -0.384 e. The molecule has 0 radical (unpaired) electrons. The van der Waals surface area contributed by atoms with Crippen molar-refractivity contribution in [2.75, 3.05) is 18.4 Å². The van der Waals surface area contributed by atoms with Gasteiger partial charge < -0.3 is 10.6 Å². The average molecular weight is 320 g/mol. The second-order valence-electron chi connectivity index (χ2n) is 5.25. The van der Waals surface area contributed by atoms with Gasteiger partial charge in [-0.15, -0.1) is 0 Å². The Morgan fingerprint density at radius 2 is 2.05 bits per heavy atom. The fourth-order valence-electron chi connectivity index (χ4n) is 2.29. The van der Waals surface area contributed by atoms with Crippen LogP contribution in [0.3, 0.4) is 0 Å². The van der Waals surface area contributed by atoms with Gasteiger partial charge in [-0.05, 0) is 43.5 Å². The molecule has 0 aliphatic heterocycles. The summed E-state index contributed by atoms with van der Waals surface area (Å²) >= 11 is 5.99. The van der Waals surface area contributed by atoms with E-state index in [1.165, 1.54) is 0 Å². The monoisotopic (exact) mass is 319 g/mol. The van der Waals surface area contributed by atoms with Gasteiger partial charge in [0.25, 0.3) is 0 Å². The predicted octanol–water partition coefficient (Wildman–Crippen LogP) is 4.00. The Kier molecular flexibility index (Phi) is 6.46. The van der Waals surface area contributed by atoms with Crippen molar-refractivity contribution < 1.29 is 4.79 Å². The largest absolute Gasteiger partial charge is 0.384 e. The normalized spacial score (nSPS) is 10.6. The maximum atomic E-state index is 11.3. The van der Waals surface area contributed by atoms with E-state index in [4.69, 9.17) is 11.6 Å². The van der Waals surface area contributed by atoms with E-state index >= 15 is 0 Å². The quantitative estimate of drug-likeness (QED) is 0.723. The summed E-state index contributed by atoms with van der Waals surface area (Å²) in [6.45, 7) is 3.62. The number of carbonyl (C=O) groups excluding carboxylic acids is 1. The molecule has 0 saturated carbocycles. The van der Waals surface area contributed by atoms with Gasteiger partial charge in [0, 0.05) is 41.8 Å². The van der Waals surface area contributed by atoms with E-state index in [0.717, 1.165) is 48.9 Å². The number of nitrogens with zero attached hydrogens (tertiary/aromatic N) is 1. The number of unbranched alkanes of at least 4 members (excludes halogenated alkanes) is 1. The molecule has 2 rings (SSSR count). The zero-order valence-electron chi connectivity index (χ0n) is 12.9. The van der Waals surface area contributed by atoms with Crippen molar-refractivity contribution in [3.05, 3.63) is 35.5 Å². The maximum Gasteiger partial charge on any atom is 0.219 e. The van der Waals surface area contributed by atoms with E-state index in [2.05, 4.69) is 15.6 Å². The van der Waals surface area contributed by atoms with Crippen LogP contribution in [0.4, 0.5) is 5.69 Å². The summed E-state index contributed by atoms with van der Waals surface area (Å²) in [6.07, 6.45) is 5.27. The third-order valence-electron chi connectivity index (χ3n) is 3.42. The standard InChI is InChI=1S/C17H22ClN3O/c1-2-5-17(22)21-10-4-3-9-19-15-8-11-20-16-12-13(18)6-7-14(15)16/h6-8,11-12H,2-5,9-10H2,1H3,(H,19,20)(H,21,22). The van der Waals surface area contributed by atoms with Crippen LogP contribution in [0.25, 0.3) is 10.9 Å². The highest BCUT2D eigenvalue weighted by atomic mass is 35.5. The summed E-state index contributed by atoms with van der Waals surface area (Å²) in [5.41, 5.74) is 1.96. The second-order valence-corrected chi connectivity index (χ2v) is 5.69. The molecule has 1 aromatic carbocycles. The number of halogens is 1. The smallest absolute Gasteiger partial charge is 0.219 e. The van der Waals surface area contributed by atoms with E-state index in [9.17, 15) is 4.79 Å². The molecular weight excluding hydrogens is 298 g/mol. The first kappa shape index (κ1) is 16.6. The molecule has 22 heavy (non-hydrogen) atoms. The molecule has 0 unspecified atom stereocenters. The van der Waals surface area contributed by atoms with E-state index in [1.807, 2.05) is 31.2 Å². The molecule has 0 aliphatic carbocycles. The molecule has 118 valence electrons. The highest BCUT2D eigenvalue weighted by Crippen LogP contribution is 2.24. The van der Waals surface area contributed by atoms with Crippen LogP contribution in [0.2, 0.25) is 5.02 Å². The first-order valence-electron chi connectivity index (χ1n) is 7.75. The summed E-state index contributed by atoms with van der Waals surface area (Å²) in [5, 5.41) is 8.12. The van der Waals surface area contributed by atoms with E-state index in [1.54, 1.807) is 6.20 Å². The Morgan fingerprint density at radius 1 is 1.23 bits per heavy atom. The van der Waals surface area contributed by atoms with Gasteiger partial charge in [0.2, 0.25) is 5.91 Å². The number of anilines is 1. The Bertz CT molecular complexity index is 630. The lowest BCUT2D eigenvalue weighted by Crippen LogP contribution is -2.24. The van der Waals surface area contributed by atoms with Crippen LogP contribution in [0, 0.1) is 0 Å². The van der Waals surface area contributed by atoms with E-state index in [0.29, 0.717) is 11.4 Å². The first-order chi connectivity index (χ1) is 10.7. The first-order valence-corrected chi connectivity index (χ1v) is 8.13. The zero-order chi connectivity index (χ0) is 15.8. The molecular formula is C17H22ClN3O. The molecule has 0 spiro atoms. The van der Waals surface area contributed by atoms with Gasteiger partial charge in [0.1, 0.15) is 0 Å². The van der Waals surface area contributed by atoms with Crippen molar-refractivity contribution in [3.63, 3.8) is 0 Å². The molecule has 0 fully saturated rings. The Hall–Kier alpha value is -1.81. The van der Waals surface area contributed by atoms with Gasteiger partial charge in [-0.1, -0.05) is 18.5 Å². The molecule has 1 heterocycles. The van der Waals surface area contributed by atoms with Gasteiger partial charge >= 0.3 is 0 Å². The summed E-state index contributed by atoms with van der Waals surface area (Å²) in [6, 6.07) is 7.70. The number of aromatic nitrogens is 1. The highest BCUT2D eigenvalue weighted by Gasteiger charge is 2.02. The number of benzene rings is 1. The van der Waals surface area contributed by atoms with E-state index in [-0.39, 0.29) is 5.91 Å². The van der Waals surface area contributed by atoms with Gasteiger partial charge in [-0.2, -0.15) is 0 Å². The van der Waals surface area contributed by atoms with Crippen molar-refractivity contribution >= 4 is 34.1 Å². The lowest BCUT2D eigenvalue weighted by Gasteiger charge is -2.10. The van der Waals surface area contributed by atoms with Gasteiger partial charge in [-0.25, -0.2) is 0 Å². The van der Waals surface area contributed by atoms with Gasteiger partial charge in [-0.3, -0.25) is 9.78 Å². The molecule has 5 heteroatoms. The van der Waals surface area contributed by atoms with Crippen molar-refractivity contribution in [2.24, 2.45) is 0 Å². The predicted molar refractivity (Wildman–Crippen MR) is 92.4 cm³/mol. The van der Waals surface area contributed by atoms with Gasteiger partial charge in [0.05, 0.1) is 5.52 Å². The molecule has 0 aliphatic rings. The fourth-order valence-corrected chi connectivity index (χ4v) is 2.46. The molecule has 2 N–H and O–H groups in total. The number of fused-ring (bicyclic) bond motifs is 1. The molecule has 0 saturated heterocycles. The Labute approximate surface area is 136 Å². The number of rotatable bonds is 8. The third-order valence-corrected chi connectivity index (χ3v) is 3.66. The zero-order valence-corrected chi connectivity index (χ0v) is 13.6. The molecule has 2 aromatic rings.